The molecule has 1 aliphatic rings. The van der Waals surface area contributed by atoms with Gasteiger partial charge in [-0.3, -0.25) is 4.90 Å². The fraction of sp³-hybridized carbons (Fsp3) is 0.750. The highest BCUT2D eigenvalue weighted by Gasteiger charge is 2.22. The average molecular weight is 222 g/mol. The molecule has 1 aliphatic heterocycles. The predicted molar refractivity (Wildman–Crippen MR) is 65.3 cm³/mol. The summed E-state index contributed by atoms with van der Waals surface area (Å²) in [5.74, 6) is 0. The number of aromatic amines is 1. The number of fused-ring (bicyclic) bond motifs is 1. The highest BCUT2D eigenvalue weighted by atomic mass is 15.2. The van der Waals surface area contributed by atoms with Crippen LogP contribution in [0.1, 0.15) is 32.2 Å². The van der Waals surface area contributed by atoms with Crippen LogP contribution in [0.2, 0.25) is 0 Å². The molecule has 1 atom stereocenters. The van der Waals surface area contributed by atoms with E-state index in [0.717, 1.165) is 26.1 Å². The summed E-state index contributed by atoms with van der Waals surface area (Å²) >= 11 is 0. The summed E-state index contributed by atoms with van der Waals surface area (Å²) in [6.45, 7) is 9.89. The molecule has 0 fully saturated rings. The minimum absolute atomic E-state index is 0.540. The van der Waals surface area contributed by atoms with Crippen LogP contribution in [0.15, 0.2) is 6.33 Å². The first-order valence-electron chi connectivity index (χ1n) is 6.19. The topological polar surface area (TPSA) is 44.0 Å². The molecule has 0 spiro atoms. The highest BCUT2D eigenvalue weighted by molar-refractivity contribution is 5.15. The molecule has 0 saturated heterocycles. The first kappa shape index (κ1) is 11.6. The lowest BCUT2D eigenvalue weighted by Crippen LogP contribution is -2.46. The Morgan fingerprint density at radius 2 is 2.38 bits per heavy atom. The number of imidazole rings is 1. The highest BCUT2D eigenvalue weighted by Crippen LogP contribution is 2.13. The second-order valence-electron chi connectivity index (χ2n) is 4.79. The van der Waals surface area contributed by atoms with Crippen molar-refractivity contribution in [3.05, 3.63) is 17.7 Å². The molecule has 2 N–H and O–H groups in total. The fourth-order valence-corrected chi connectivity index (χ4v) is 2.35. The lowest BCUT2D eigenvalue weighted by atomic mass is 10.0. The van der Waals surface area contributed by atoms with Crippen LogP contribution >= 0.6 is 0 Å². The number of nitrogens with one attached hydrogen (secondary N) is 2. The molecule has 4 heteroatoms. The SMILES string of the molecule is CCN(CC1Cc2nc[nH]c2CN1)C(C)C. The third-order valence-corrected chi connectivity index (χ3v) is 3.41. The van der Waals surface area contributed by atoms with E-state index in [1.165, 1.54) is 11.4 Å². The van der Waals surface area contributed by atoms with Gasteiger partial charge in [0.05, 0.1) is 17.7 Å². The van der Waals surface area contributed by atoms with E-state index in [1.807, 2.05) is 0 Å². The maximum atomic E-state index is 4.37. The molecule has 1 aromatic rings. The van der Waals surface area contributed by atoms with E-state index in [0.29, 0.717) is 12.1 Å². The van der Waals surface area contributed by atoms with Crippen LogP contribution in [0, 0.1) is 0 Å². The molecular weight excluding hydrogens is 200 g/mol. The summed E-state index contributed by atoms with van der Waals surface area (Å²) in [5, 5.41) is 3.57. The van der Waals surface area contributed by atoms with Gasteiger partial charge in [0.2, 0.25) is 0 Å². The first-order chi connectivity index (χ1) is 7.70. The Hall–Kier alpha value is -0.870. The molecule has 0 radical (unpaired) electrons. The molecular formula is C12H22N4. The number of H-pyrrole nitrogens is 1. The van der Waals surface area contributed by atoms with E-state index in [1.54, 1.807) is 6.33 Å². The Morgan fingerprint density at radius 3 is 3.06 bits per heavy atom. The van der Waals surface area contributed by atoms with Crippen molar-refractivity contribution in [2.45, 2.75) is 45.8 Å². The van der Waals surface area contributed by atoms with Crippen LogP contribution in [0.3, 0.4) is 0 Å². The number of hydrogen-bond acceptors (Lipinski definition) is 3. The summed E-state index contributed by atoms with van der Waals surface area (Å²) in [6.07, 6.45) is 2.84. The molecule has 1 aromatic heterocycles. The molecule has 0 saturated carbocycles. The van der Waals surface area contributed by atoms with Gasteiger partial charge in [-0.15, -0.1) is 0 Å². The van der Waals surface area contributed by atoms with Crippen molar-refractivity contribution < 1.29 is 0 Å². The van der Waals surface area contributed by atoms with Gasteiger partial charge in [0.1, 0.15) is 0 Å². The Bertz CT molecular complexity index is 332. The Balaban J connectivity index is 1.93. The summed E-state index contributed by atoms with van der Waals surface area (Å²) in [5.41, 5.74) is 2.49. The molecule has 0 bridgehead atoms. The van der Waals surface area contributed by atoms with Gasteiger partial charge in [0, 0.05) is 31.6 Å². The Kier molecular flexibility index (Phi) is 3.61. The summed E-state index contributed by atoms with van der Waals surface area (Å²) in [6, 6.07) is 1.16. The van der Waals surface area contributed by atoms with Crippen molar-refractivity contribution in [1.29, 1.82) is 0 Å². The van der Waals surface area contributed by atoms with E-state index in [-0.39, 0.29) is 0 Å². The van der Waals surface area contributed by atoms with Gasteiger partial charge in [-0.1, -0.05) is 6.92 Å². The number of hydrogen-bond donors (Lipinski definition) is 2. The molecule has 16 heavy (non-hydrogen) atoms. The lowest BCUT2D eigenvalue weighted by Gasteiger charge is -2.31. The van der Waals surface area contributed by atoms with Crippen molar-refractivity contribution in [2.75, 3.05) is 13.1 Å². The van der Waals surface area contributed by atoms with Crippen molar-refractivity contribution in [2.24, 2.45) is 0 Å². The number of likely N-dealkylation sites (N-methyl/N-ethyl adjacent to an activating group) is 1. The van der Waals surface area contributed by atoms with Crippen LogP contribution in [0.25, 0.3) is 0 Å². The fourth-order valence-electron chi connectivity index (χ4n) is 2.35. The second-order valence-corrected chi connectivity index (χ2v) is 4.79. The normalized spacial score (nSPS) is 20.4. The maximum Gasteiger partial charge on any atom is 0.0925 e. The maximum absolute atomic E-state index is 4.37. The third kappa shape index (κ3) is 2.44. The number of aromatic nitrogens is 2. The molecule has 2 heterocycles. The van der Waals surface area contributed by atoms with E-state index < -0.39 is 0 Å². The van der Waals surface area contributed by atoms with E-state index in [9.17, 15) is 0 Å². The van der Waals surface area contributed by atoms with Crippen LogP contribution in [0.5, 0.6) is 0 Å². The lowest BCUT2D eigenvalue weighted by molar-refractivity contribution is 0.202. The van der Waals surface area contributed by atoms with Crippen molar-refractivity contribution in [1.82, 2.24) is 20.2 Å². The van der Waals surface area contributed by atoms with Crippen LogP contribution in [-0.4, -0.2) is 40.0 Å². The molecule has 0 aromatic carbocycles. The largest absolute Gasteiger partial charge is 0.347 e. The number of nitrogens with zero attached hydrogens (tertiary/aromatic N) is 2. The van der Waals surface area contributed by atoms with E-state index in [2.05, 4.69) is 41.0 Å². The van der Waals surface area contributed by atoms with Gasteiger partial charge in [0.15, 0.2) is 0 Å². The van der Waals surface area contributed by atoms with Crippen molar-refractivity contribution in [3.8, 4) is 0 Å². The van der Waals surface area contributed by atoms with Crippen LogP contribution < -0.4 is 5.32 Å². The van der Waals surface area contributed by atoms with Crippen LogP contribution in [-0.2, 0) is 13.0 Å². The zero-order valence-electron chi connectivity index (χ0n) is 10.5. The molecule has 0 aliphatic carbocycles. The Morgan fingerprint density at radius 1 is 1.56 bits per heavy atom. The molecule has 2 rings (SSSR count). The van der Waals surface area contributed by atoms with Gasteiger partial charge < -0.3 is 10.3 Å². The Labute approximate surface area is 97.4 Å². The quantitative estimate of drug-likeness (QED) is 0.803. The molecule has 0 amide bonds. The van der Waals surface area contributed by atoms with Gasteiger partial charge >= 0.3 is 0 Å². The predicted octanol–water partition coefficient (Wildman–Crippen LogP) is 1.15. The zero-order valence-corrected chi connectivity index (χ0v) is 10.5. The monoisotopic (exact) mass is 222 g/mol. The van der Waals surface area contributed by atoms with Gasteiger partial charge in [-0.2, -0.15) is 0 Å². The molecule has 4 nitrogen and oxygen atoms in total. The third-order valence-electron chi connectivity index (χ3n) is 3.41. The standard InChI is InChI=1S/C12H22N4/c1-4-16(9(2)3)7-10-5-11-12(6-13-10)15-8-14-11/h8-10,13H,4-7H2,1-3H3,(H,14,15). The molecule has 1 unspecified atom stereocenters. The first-order valence-corrected chi connectivity index (χ1v) is 6.19. The second kappa shape index (κ2) is 4.97. The minimum Gasteiger partial charge on any atom is -0.347 e. The van der Waals surface area contributed by atoms with Gasteiger partial charge in [0.25, 0.3) is 0 Å². The molecule has 90 valence electrons. The van der Waals surface area contributed by atoms with Gasteiger partial charge in [-0.05, 0) is 20.4 Å². The van der Waals surface area contributed by atoms with Crippen molar-refractivity contribution in [3.63, 3.8) is 0 Å². The van der Waals surface area contributed by atoms with Crippen LogP contribution in [0.4, 0.5) is 0 Å². The number of rotatable bonds is 4. The summed E-state index contributed by atoms with van der Waals surface area (Å²) in [4.78, 5) is 10.0. The van der Waals surface area contributed by atoms with Crippen molar-refractivity contribution >= 4 is 0 Å². The zero-order chi connectivity index (χ0) is 11.5. The average Bonchev–Trinajstić information content (AvgIpc) is 2.72. The van der Waals surface area contributed by atoms with E-state index in [4.69, 9.17) is 0 Å². The smallest absolute Gasteiger partial charge is 0.0925 e. The minimum atomic E-state index is 0.540. The summed E-state index contributed by atoms with van der Waals surface area (Å²) in [7, 11) is 0. The van der Waals surface area contributed by atoms with E-state index >= 15 is 0 Å². The summed E-state index contributed by atoms with van der Waals surface area (Å²) < 4.78 is 0. The van der Waals surface area contributed by atoms with Gasteiger partial charge in [-0.25, -0.2) is 4.98 Å².